The molecule has 11 nitrogen and oxygen atoms in total. The van der Waals surface area contributed by atoms with E-state index in [9.17, 15) is 23.3 Å². The van der Waals surface area contributed by atoms with Gasteiger partial charge in [-0.2, -0.15) is 0 Å². The zero-order chi connectivity index (χ0) is 28.0. The van der Waals surface area contributed by atoms with Crippen molar-refractivity contribution in [3.05, 3.63) is 81.9 Å². The van der Waals surface area contributed by atoms with Crippen LogP contribution >= 0.6 is 0 Å². The van der Waals surface area contributed by atoms with Crippen LogP contribution in [0.15, 0.2) is 65.6 Å². The first-order valence-corrected chi connectivity index (χ1v) is 12.9. The molecule has 0 aliphatic heterocycles. The molecule has 0 radical (unpaired) electrons. The van der Waals surface area contributed by atoms with Gasteiger partial charge in [0.1, 0.15) is 12.3 Å². The molecule has 3 aromatic rings. The van der Waals surface area contributed by atoms with Crippen molar-refractivity contribution in [2.75, 3.05) is 32.2 Å². The maximum atomic E-state index is 13.7. The summed E-state index contributed by atoms with van der Waals surface area (Å²) in [5.74, 6) is 0.908. The molecule has 0 fully saturated rings. The van der Waals surface area contributed by atoms with E-state index < -0.39 is 33.4 Å². The van der Waals surface area contributed by atoms with Gasteiger partial charge in [-0.15, -0.1) is 0 Å². The molecule has 0 aliphatic carbocycles. The number of sulfonamides is 1. The van der Waals surface area contributed by atoms with Crippen LogP contribution in [0.5, 0.6) is 17.2 Å². The van der Waals surface area contributed by atoms with E-state index in [0.29, 0.717) is 28.4 Å². The molecule has 12 heteroatoms. The van der Waals surface area contributed by atoms with Gasteiger partial charge in [-0.1, -0.05) is 12.1 Å². The van der Waals surface area contributed by atoms with Crippen molar-refractivity contribution in [1.82, 2.24) is 5.32 Å². The summed E-state index contributed by atoms with van der Waals surface area (Å²) in [6, 6.07) is 14.4. The van der Waals surface area contributed by atoms with E-state index >= 15 is 0 Å². The fourth-order valence-corrected chi connectivity index (χ4v) is 5.20. The molecule has 1 unspecified atom stereocenters. The van der Waals surface area contributed by atoms with Crippen molar-refractivity contribution >= 4 is 27.3 Å². The lowest BCUT2D eigenvalue weighted by atomic mass is 10.1. The maximum Gasteiger partial charge on any atom is 0.273 e. The fourth-order valence-electron chi connectivity index (χ4n) is 3.76. The van der Waals surface area contributed by atoms with Crippen LogP contribution in [0.25, 0.3) is 0 Å². The summed E-state index contributed by atoms with van der Waals surface area (Å²) < 4.78 is 44.0. The maximum absolute atomic E-state index is 13.7. The molecule has 1 atom stereocenters. The first-order valence-electron chi connectivity index (χ1n) is 11.4. The van der Waals surface area contributed by atoms with Crippen LogP contribution < -0.4 is 23.8 Å². The van der Waals surface area contributed by atoms with E-state index in [0.717, 1.165) is 10.4 Å². The van der Waals surface area contributed by atoms with Crippen molar-refractivity contribution in [2.45, 2.75) is 24.8 Å². The van der Waals surface area contributed by atoms with Crippen molar-refractivity contribution in [3.8, 4) is 17.2 Å². The summed E-state index contributed by atoms with van der Waals surface area (Å²) in [5, 5.41) is 14.2. The Bertz CT molecular complexity index is 1420. The molecule has 0 aromatic heterocycles. The number of nitrogens with zero attached hydrogens (tertiary/aromatic N) is 2. The fraction of sp³-hybridized carbons (Fsp3) is 0.269. The molecule has 3 rings (SSSR count). The third kappa shape index (κ3) is 6.14. The minimum atomic E-state index is -4.37. The lowest BCUT2D eigenvalue weighted by molar-refractivity contribution is -0.385. The number of anilines is 1. The van der Waals surface area contributed by atoms with Gasteiger partial charge in [-0.3, -0.25) is 19.2 Å². The Balaban J connectivity index is 1.95. The van der Waals surface area contributed by atoms with Crippen LogP contribution in [0.1, 0.15) is 24.1 Å². The van der Waals surface area contributed by atoms with Crippen molar-refractivity contribution in [3.63, 3.8) is 0 Å². The zero-order valence-corrected chi connectivity index (χ0v) is 22.4. The molecule has 0 saturated carbocycles. The average molecular weight is 544 g/mol. The standard InChI is InChI=1S/C26H29N3O8S/c1-17-6-12-22(15-23(17)29(31)32)38(33,34)28(20-8-10-21(35-3)11-9-20)16-26(30)27-18(2)19-7-13-24(36-4)25(14-19)37-5/h6-15,18H,16H2,1-5H3,(H,27,30). The normalized spacial score (nSPS) is 11.8. The monoisotopic (exact) mass is 543 g/mol. The number of nitro groups is 1. The molecule has 0 heterocycles. The topological polar surface area (TPSA) is 137 Å². The van der Waals surface area contributed by atoms with Crippen LogP contribution in [0, 0.1) is 17.0 Å². The molecule has 38 heavy (non-hydrogen) atoms. The summed E-state index contributed by atoms with van der Waals surface area (Å²) in [4.78, 5) is 23.6. The van der Waals surface area contributed by atoms with Gasteiger partial charge in [0.15, 0.2) is 11.5 Å². The molecular weight excluding hydrogens is 514 g/mol. The molecule has 3 aromatic carbocycles. The Morgan fingerprint density at radius 1 is 0.974 bits per heavy atom. The number of methoxy groups -OCH3 is 3. The van der Waals surface area contributed by atoms with Crippen molar-refractivity contribution in [1.29, 1.82) is 0 Å². The summed E-state index contributed by atoms with van der Waals surface area (Å²) in [6.45, 7) is 2.68. The third-order valence-electron chi connectivity index (χ3n) is 5.90. The van der Waals surface area contributed by atoms with E-state index in [1.54, 1.807) is 37.3 Å². The summed E-state index contributed by atoms with van der Waals surface area (Å²) in [7, 11) is 0.111. The van der Waals surface area contributed by atoms with E-state index in [1.165, 1.54) is 52.5 Å². The van der Waals surface area contributed by atoms with Crippen LogP contribution in [0.4, 0.5) is 11.4 Å². The number of carbonyl (C=O) groups is 1. The second kappa shape index (κ2) is 11.8. The molecule has 202 valence electrons. The molecule has 0 saturated heterocycles. The van der Waals surface area contributed by atoms with Crippen LogP contribution in [0.3, 0.4) is 0 Å². The summed E-state index contributed by atoms with van der Waals surface area (Å²) >= 11 is 0. The Labute approximate surface area is 221 Å². The highest BCUT2D eigenvalue weighted by Gasteiger charge is 2.30. The second-order valence-electron chi connectivity index (χ2n) is 8.32. The van der Waals surface area contributed by atoms with Gasteiger partial charge in [-0.05, 0) is 61.9 Å². The predicted octanol–water partition coefficient (Wildman–Crippen LogP) is 4.00. The highest BCUT2D eigenvalue weighted by atomic mass is 32.2. The first-order chi connectivity index (χ1) is 18.0. The number of carbonyl (C=O) groups excluding carboxylic acids is 1. The molecule has 0 aliphatic rings. The van der Waals surface area contributed by atoms with Crippen molar-refractivity contribution < 1.29 is 32.3 Å². The zero-order valence-electron chi connectivity index (χ0n) is 21.6. The molecule has 0 spiro atoms. The number of rotatable bonds is 11. The number of hydrogen-bond acceptors (Lipinski definition) is 8. The first kappa shape index (κ1) is 28.3. The molecule has 1 N–H and O–H groups in total. The largest absolute Gasteiger partial charge is 0.497 e. The number of aryl methyl sites for hydroxylation is 1. The minimum absolute atomic E-state index is 0.183. The lowest BCUT2D eigenvalue weighted by Gasteiger charge is -2.25. The summed E-state index contributed by atoms with van der Waals surface area (Å²) in [5.41, 5.74) is 0.866. The SMILES string of the molecule is COc1ccc(N(CC(=O)NC(C)c2ccc(OC)c(OC)c2)S(=O)(=O)c2ccc(C)c([N+](=O)[O-])c2)cc1. The Morgan fingerprint density at radius 3 is 2.21 bits per heavy atom. The van der Waals surface area contributed by atoms with E-state index in [2.05, 4.69) is 5.32 Å². The van der Waals surface area contributed by atoms with E-state index in [4.69, 9.17) is 14.2 Å². The number of amides is 1. The van der Waals surface area contributed by atoms with Crippen LogP contribution in [0.2, 0.25) is 0 Å². The number of nitro benzene ring substituents is 1. The van der Waals surface area contributed by atoms with Crippen LogP contribution in [-0.4, -0.2) is 47.1 Å². The summed E-state index contributed by atoms with van der Waals surface area (Å²) in [6.07, 6.45) is 0. The number of ether oxygens (including phenoxy) is 3. The van der Waals surface area contributed by atoms with Crippen molar-refractivity contribution in [2.24, 2.45) is 0 Å². The van der Waals surface area contributed by atoms with Gasteiger partial charge in [-0.25, -0.2) is 8.42 Å². The Morgan fingerprint density at radius 2 is 1.63 bits per heavy atom. The molecule has 1 amide bonds. The van der Waals surface area contributed by atoms with Gasteiger partial charge in [0.05, 0.1) is 42.9 Å². The quantitative estimate of drug-likeness (QED) is 0.283. The minimum Gasteiger partial charge on any atom is -0.497 e. The van der Waals surface area contributed by atoms with Gasteiger partial charge >= 0.3 is 0 Å². The van der Waals surface area contributed by atoms with Gasteiger partial charge in [0, 0.05) is 11.6 Å². The van der Waals surface area contributed by atoms with Gasteiger partial charge < -0.3 is 19.5 Å². The third-order valence-corrected chi connectivity index (χ3v) is 7.67. The molecule has 0 bridgehead atoms. The highest BCUT2D eigenvalue weighted by molar-refractivity contribution is 7.92. The van der Waals surface area contributed by atoms with Gasteiger partial charge in [0.25, 0.3) is 15.7 Å². The number of hydrogen-bond donors (Lipinski definition) is 1. The smallest absolute Gasteiger partial charge is 0.273 e. The Hall–Kier alpha value is -4.32. The van der Waals surface area contributed by atoms with E-state index in [1.807, 2.05) is 0 Å². The number of benzene rings is 3. The average Bonchev–Trinajstić information content (AvgIpc) is 2.91. The molecular formula is C26H29N3O8S. The lowest BCUT2D eigenvalue weighted by Crippen LogP contribution is -2.41. The number of nitrogens with one attached hydrogen (secondary N) is 1. The van der Waals surface area contributed by atoms with Crippen LogP contribution in [-0.2, 0) is 14.8 Å². The second-order valence-corrected chi connectivity index (χ2v) is 10.2. The van der Waals surface area contributed by atoms with Gasteiger partial charge in [0.2, 0.25) is 5.91 Å². The highest BCUT2D eigenvalue weighted by Crippen LogP contribution is 2.31. The van der Waals surface area contributed by atoms with E-state index in [-0.39, 0.29) is 16.3 Å². The Kier molecular flexibility index (Phi) is 8.79. The predicted molar refractivity (Wildman–Crippen MR) is 141 cm³/mol.